The Kier molecular flexibility index (Phi) is 5.50. The number of hydrogen-bond acceptors (Lipinski definition) is 5. The average molecular weight is 257 g/mol. The second kappa shape index (κ2) is 6.66. The fourth-order valence-corrected chi connectivity index (χ4v) is 2.26. The first-order chi connectivity index (χ1) is 8.06. The summed E-state index contributed by atoms with van der Waals surface area (Å²) < 4.78 is 4.65. The zero-order valence-corrected chi connectivity index (χ0v) is 11.0. The first-order valence-electron chi connectivity index (χ1n) is 5.56. The number of thioether (sulfide) groups is 1. The zero-order chi connectivity index (χ0) is 12.7. The molecule has 0 aliphatic heterocycles. The van der Waals surface area contributed by atoms with Crippen LogP contribution in [0.15, 0.2) is 17.6 Å². The maximum Gasteiger partial charge on any atom is 0.325 e. The third-order valence-corrected chi connectivity index (χ3v) is 3.44. The van der Waals surface area contributed by atoms with Crippen molar-refractivity contribution >= 4 is 17.7 Å². The van der Waals surface area contributed by atoms with Crippen LogP contribution in [0.3, 0.4) is 0 Å². The summed E-state index contributed by atoms with van der Waals surface area (Å²) >= 11 is 1.67. The molecule has 0 amide bonds. The molecule has 1 heterocycles. The van der Waals surface area contributed by atoms with Crippen LogP contribution in [0, 0.1) is 0 Å². The van der Waals surface area contributed by atoms with E-state index in [1.165, 1.54) is 7.11 Å². The van der Waals surface area contributed by atoms with Gasteiger partial charge in [-0.15, -0.1) is 0 Å². The van der Waals surface area contributed by atoms with Crippen molar-refractivity contribution in [2.75, 3.05) is 12.9 Å². The maximum absolute atomic E-state index is 11.3. The van der Waals surface area contributed by atoms with E-state index in [1.807, 2.05) is 0 Å². The number of rotatable bonds is 7. The van der Waals surface area contributed by atoms with Crippen molar-refractivity contribution in [1.29, 1.82) is 0 Å². The fourth-order valence-electron chi connectivity index (χ4n) is 1.43. The number of esters is 1. The van der Waals surface area contributed by atoms with Gasteiger partial charge in [0.1, 0.15) is 5.54 Å². The highest BCUT2D eigenvalue weighted by molar-refractivity contribution is 7.99. The largest absolute Gasteiger partial charge is 0.468 e. The third kappa shape index (κ3) is 4.79. The highest BCUT2D eigenvalue weighted by atomic mass is 32.2. The van der Waals surface area contributed by atoms with Crippen molar-refractivity contribution in [3.8, 4) is 0 Å². The van der Waals surface area contributed by atoms with Crippen LogP contribution in [0.1, 0.15) is 26.2 Å². The molecule has 1 aromatic heterocycles. The molecule has 0 fully saturated rings. The predicted octanol–water partition coefficient (Wildman–Crippen LogP) is 1.56. The molecule has 1 unspecified atom stereocenters. The molecule has 5 nitrogen and oxygen atoms in total. The Morgan fingerprint density at radius 2 is 2.41 bits per heavy atom. The highest BCUT2D eigenvalue weighted by Crippen LogP contribution is 2.17. The Labute approximate surface area is 106 Å². The number of hydrogen-bond donors (Lipinski definition) is 2. The second-order valence-electron chi connectivity index (χ2n) is 4.11. The summed E-state index contributed by atoms with van der Waals surface area (Å²) in [5.74, 6) is 0.612. The first-order valence-corrected chi connectivity index (χ1v) is 6.54. The van der Waals surface area contributed by atoms with Crippen LogP contribution in [-0.4, -0.2) is 34.3 Å². The van der Waals surface area contributed by atoms with Gasteiger partial charge < -0.3 is 15.5 Å². The number of methoxy groups -OCH3 is 1. The molecule has 0 radical (unpaired) electrons. The molecule has 1 aromatic rings. The van der Waals surface area contributed by atoms with Gasteiger partial charge in [0.25, 0.3) is 0 Å². The van der Waals surface area contributed by atoms with E-state index in [1.54, 1.807) is 31.1 Å². The molecule has 96 valence electrons. The van der Waals surface area contributed by atoms with Crippen LogP contribution >= 0.6 is 11.8 Å². The summed E-state index contributed by atoms with van der Waals surface area (Å²) in [5.41, 5.74) is 4.98. The Hall–Kier alpha value is -1.01. The Morgan fingerprint density at radius 1 is 1.65 bits per heavy atom. The van der Waals surface area contributed by atoms with Gasteiger partial charge in [-0.25, -0.2) is 4.98 Å². The Bertz CT molecular complexity index is 338. The standard InChI is InChI=1S/C11H19N3O2S/c1-11(12,9(15)16-2)5-3-4-8-17-10-13-6-7-14-10/h6-7H,3-5,8,12H2,1-2H3,(H,13,14). The van der Waals surface area contributed by atoms with Crippen molar-refractivity contribution in [3.63, 3.8) is 0 Å². The lowest BCUT2D eigenvalue weighted by molar-refractivity contribution is -0.146. The first kappa shape index (κ1) is 14.1. The number of carbonyl (C=O) groups is 1. The van der Waals surface area contributed by atoms with Crippen LogP contribution in [-0.2, 0) is 9.53 Å². The number of ether oxygens (including phenoxy) is 1. The lowest BCUT2D eigenvalue weighted by atomic mass is 9.97. The van der Waals surface area contributed by atoms with Crippen molar-refractivity contribution < 1.29 is 9.53 Å². The molecule has 0 saturated heterocycles. The molecule has 0 aliphatic rings. The van der Waals surface area contributed by atoms with Crippen molar-refractivity contribution in [3.05, 3.63) is 12.4 Å². The SMILES string of the molecule is COC(=O)C(C)(N)CCCCSc1ncc[nH]1. The van der Waals surface area contributed by atoms with Crippen molar-refractivity contribution in [1.82, 2.24) is 9.97 Å². The fraction of sp³-hybridized carbons (Fsp3) is 0.636. The van der Waals surface area contributed by atoms with Crippen LogP contribution in [0.2, 0.25) is 0 Å². The molecule has 0 bridgehead atoms. The molecule has 3 N–H and O–H groups in total. The number of nitrogens with one attached hydrogen (secondary N) is 1. The molecule has 0 aliphatic carbocycles. The van der Waals surface area contributed by atoms with Gasteiger partial charge in [-0.3, -0.25) is 4.79 Å². The number of aromatic nitrogens is 2. The van der Waals surface area contributed by atoms with Crippen LogP contribution < -0.4 is 5.73 Å². The van der Waals surface area contributed by atoms with E-state index < -0.39 is 5.54 Å². The van der Waals surface area contributed by atoms with E-state index in [2.05, 4.69) is 14.7 Å². The van der Waals surface area contributed by atoms with Gasteiger partial charge in [0.15, 0.2) is 5.16 Å². The van der Waals surface area contributed by atoms with Gasteiger partial charge >= 0.3 is 5.97 Å². The zero-order valence-electron chi connectivity index (χ0n) is 10.2. The average Bonchev–Trinajstić information content (AvgIpc) is 2.80. The molecule has 0 aromatic carbocycles. The van der Waals surface area contributed by atoms with Gasteiger partial charge in [-0.1, -0.05) is 18.2 Å². The molecular weight excluding hydrogens is 238 g/mol. The monoisotopic (exact) mass is 257 g/mol. The molecule has 0 saturated carbocycles. The number of nitrogens with zero attached hydrogens (tertiary/aromatic N) is 1. The maximum atomic E-state index is 11.3. The summed E-state index contributed by atoms with van der Waals surface area (Å²) in [4.78, 5) is 18.5. The normalized spacial score (nSPS) is 14.3. The number of carbonyl (C=O) groups excluding carboxylic acids is 1. The summed E-state index contributed by atoms with van der Waals surface area (Å²) in [6.45, 7) is 1.71. The third-order valence-electron chi connectivity index (χ3n) is 2.45. The quantitative estimate of drug-likeness (QED) is 0.440. The minimum atomic E-state index is -0.871. The summed E-state index contributed by atoms with van der Waals surface area (Å²) in [6, 6.07) is 0. The summed E-state index contributed by atoms with van der Waals surface area (Å²) in [6.07, 6.45) is 6.07. The molecule has 6 heteroatoms. The number of nitrogens with two attached hydrogens (primary N) is 1. The van der Waals surface area contributed by atoms with Gasteiger partial charge in [0.05, 0.1) is 7.11 Å². The molecule has 1 atom stereocenters. The van der Waals surface area contributed by atoms with E-state index in [0.29, 0.717) is 6.42 Å². The molecular formula is C11H19N3O2S. The molecule has 1 rings (SSSR count). The van der Waals surface area contributed by atoms with Crippen molar-refractivity contribution in [2.24, 2.45) is 5.73 Å². The second-order valence-corrected chi connectivity index (χ2v) is 5.19. The lowest BCUT2D eigenvalue weighted by Gasteiger charge is -2.20. The van der Waals surface area contributed by atoms with Crippen LogP contribution in [0.25, 0.3) is 0 Å². The van der Waals surface area contributed by atoms with E-state index in [9.17, 15) is 4.79 Å². The van der Waals surface area contributed by atoms with Gasteiger partial charge in [0, 0.05) is 18.1 Å². The van der Waals surface area contributed by atoms with Crippen molar-refractivity contribution in [2.45, 2.75) is 36.9 Å². The van der Waals surface area contributed by atoms with Gasteiger partial charge in [-0.05, 0) is 19.8 Å². The van der Waals surface area contributed by atoms with E-state index in [0.717, 1.165) is 23.8 Å². The van der Waals surface area contributed by atoms with Crippen LogP contribution in [0.4, 0.5) is 0 Å². The van der Waals surface area contributed by atoms with E-state index >= 15 is 0 Å². The van der Waals surface area contributed by atoms with E-state index in [4.69, 9.17) is 5.73 Å². The number of aromatic amines is 1. The highest BCUT2D eigenvalue weighted by Gasteiger charge is 2.28. The lowest BCUT2D eigenvalue weighted by Crippen LogP contribution is -2.45. The smallest absolute Gasteiger partial charge is 0.325 e. The Balaban J connectivity index is 2.13. The summed E-state index contributed by atoms with van der Waals surface area (Å²) in [5, 5.41) is 0.925. The molecule has 17 heavy (non-hydrogen) atoms. The summed E-state index contributed by atoms with van der Waals surface area (Å²) in [7, 11) is 1.36. The predicted molar refractivity (Wildman–Crippen MR) is 67.8 cm³/mol. The minimum Gasteiger partial charge on any atom is -0.468 e. The molecule has 0 spiro atoms. The van der Waals surface area contributed by atoms with Gasteiger partial charge in [-0.2, -0.15) is 0 Å². The van der Waals surface area contributed by atoms with Gasteiger partial charge in [0.2, 0.25) is 0 Å². The number of H-pyrrole nitrogens is 1. The van der Waals surface area contributed by atoms with E-state index in [-0.39, 0.29) is 5.97 Å². The number of unbranched alkanes of at least 4 members (excludes halogenated alkanes) is 1. The van der Waals surface area contributed by atoms with Crippen LogP contribution in [0.5, 0.6) is 0 Å². The topological polar surface area (TPSA) is 81.0 Å². The number of imidazole rings is 1. The minimum absolute atomic E-state index is 0.351. The Morgan fingerprint density at radius 3 is 3.00 bits per heavy atom.